The van der Waals surface area contributed by atoms with Crippen LogP contribution in [0.3, 0.4) is 0 Å². The highest BCUT2D eigenvalue weighted by atomic mass is 16.3. The molecule has 0 amide bonds. The smallest absolute Gasteiger partial charge is 0.0682 e. The average Bonchev–Trinajstić information content (AvgIpc) is 2.03. The van der Waals surface area contributed by atoms with E-state index in [0.29, 0.717) is 0 Å². The molecular formula is C10H18O. The highest BCUT2D eigenvalue weighted by molar-refractivity contribution is 4.91. The summed E-state index contributed by atoms with van der Waals surface area (Å²) in [6, 6.07) is 0. The molecular weight excluding hydrogens is 136 g/mol. The predicted molar refractivity (Wildman–Crippen MR) is 47.5 cm³/mol. The molecule has 0 atom stereocenters. The fourth-order valence-corrected chi connectivity index (χ4v) is 1.75. The van der Waals surface area contributed by atoms with Crippen molar-refractivity contribution >= 4 is 0 Å². The second-order valence-corrected chi connectivity index (χ2v) is 3.56. The van der Waals surface area contributed by atoms with Crippen LogP contribution in [0.1, 0.15) is 45.4 Å². The first-order valence-corrected chi connectivity index (χ1v) is 4.60. The van der Waals surface area contributed by atoms with E-state index in [9.17, 15) is 5.11 Å². The van der Waals surface area contributed by atoms with Crippen LogP contribution < -0.4 is 0 Å². The Bertz CT molecular complexity index is 132. The lowest BCUT2D eigenvalue weighted by molar-refractivity contribution is 0.00693. The fourth-order valence-electron chi connectivity index (χ4n) is 1.75. The normalized spacial score (nSPS) is 24.2. The summed E-state index contributed by atoms with van der Waals surface area (Å²) < 4.78 is 0. The molecule has 64 valence electrons. The van der Waals surface area contributed by atoms with Gasteiger partial charge < -0.3 is 5.11 Å². The molecule has 1 rings (SSSR count). The Morgan fingerprint density at radius 2 is 1.91 bits per heavy atom. The largest absolute Gasteiger partial charge is 0.390 e. The van der Waals surface area contributed by atoms with Crippen LogP contribution >= 0.6 is 0 Å². The monoisotopic (exact) mass is 154 g/mol. The fraction of sp³-hybridized carbons (Fsp3) is 0.800. The van der Waals surface area contributed by atoms with E-state index in [4.69, 9.17) is 0 Å². The molecule has 0 radical (unpaired) electrons. The number of allylic oxidation sites excluding steroid dienone is 1. The van der Waals surface area contributed by atoms with Crippen molar-refractivity contribution in [3.05, 3.63) is 12.2 Å². The van der Waals surface area contributed by atoms with E-state index in [1.807, 2.05) is 13.0 Å². The summed E-state index contributed by atoms with van der Waals surface area (Å²) in [5, 5.41) is 9.95. The van der Waals surface area contributed by atoms with Crippen molar-refractivity contribution in [1.29, 1.82) is 0 Å². The molecule has 1 nitrogen and oxygen atoms in total. The Kier molecular flexibility index (Phi) is 3.13. The van der Waals surface area contributed by atoms with Gasteiger partial charge in [-0.15, -0.1) is 0 Å². The molecule has 0 aliphatic heterocycles. The van der Waals surface area contributed by atoms with Gasteiger partial charge in [-0.1, -0.05) is 31.4 Å². The minimum Gasteiger partial charge on any atom is -0.390 e. The van der Waals surface area contributed by atoms with Crippen LogP contribution in [0.15, 0.2) is 12.2 Å². The van der Waals surface area contributed by atoms with Gasteiger partial charge in [0.1, 0.15) is 0 Å². The third-order valence-electron chi connectivity index (χ3n) is 2.52. The van der Waals surface area contributed by atoms with Crippen molar-refractivity contribution in [2.45, 2.75) is 51.0 Å². The Morgan fingerprint density at radius 1 is 1.27 bits per heavy atom. The first kappa shape index (κ1) is 8.79. The molecule has 0 unspecified atom stereocenters. The van der Waals surface area contributed by atoms with E-state index >= 15 is 0 Å². The van der Waals surface area contributed by atoms with Gasteiger partial charge in [0.2, 0.25) is 0 Å². The third-order valence-corrected chi connectivity index (χ3v) is 2.52. The summed E-state index contributed by atoms with van der Waals surface area (Å²) in [5.74, 6) is 0. The lowest BCUT2D eigenvalue weighted by atomic mass is 9.82. The van der Waals surface area contributed by atoms with Crippen LogP contribution in [0, 0.1) is 0 Å². The van der Waals surface area contributed by atoms with Gasteiger partial charge in [-0.25, -0.2) is 0 Å². The number of hydrogen-bond acceptors (Lipinski definition) is 1. The lowest BCUT2D eigenvalue weighted by Gasteiger charge is -2.30. The van der Waals surface area contributed by atoms with Crippen LogP contribution in [-0.4, -0.2) is 10.7 Å². The second-order valence-electron chi connectivity index (χ2n) is 3.56. The predicted octanol–water partition coefficient (Wildman–Crippen LogP) is 2.65. The number of hydrogen-bond donors (Lipinski definition) is 1. The van der Waals surface area contributed by atoms with E-state index in [-0.39, 0.29) is 5.60 Å². The Balaban J connectivity index is 2.37. The molecule has 0 spiro atoms. The van der Waals surface area contributed by atoms with Gasteiger partial charge in [-0.3, -0.25) is 0 Å². The first-order valence-electron chi connectivity index (χ1n) is 4.60. The lowest BCUT2D eigenvalue weighted by Crippen LogP contribution is -2.30. The SMILES string of the molecule is C/C=C/CC1(O)CCCCC1. The van der Waals surface area contributed by atoms with Crippen molar-refractivity contribution < 1.29 is 5.11 Å². The number of rotatable bonds is 2. The van der Waals surface area contributed by atoms with Gasteiger partial charge in [0.05, 0.1) is 5.60 Å². The maximum Gasteiger partial charge on any atom is 0.0682 e. The Hall–Kier alpha value is -0.300. The molecule has 0 aromatic carbocycles. The Morgan fingerprint density at radius 3 is 2.45 bits per heavy atom. The molecule has 0 heterocycles. The minimum absolute atomic E-state index is 0.356. The van der Waals surface area contributed by atoms with Crippen molar-refractivity contribution in [1.82, 2.24) is 0 Å². The zero-order chi connectivity index (χ0) is 8.16. The van der Waals surface area contributed by atoms with E-state index < -0.39 is 0 Å². The molecule has 0 aromatic heterocycles. The molecule has 1 saturated carbocycles. The molecule has 1 aliphatic carbocycles. The van der Waals surface area contributed by atoms with Crippen LogP contribution in [-0.2, 0) is 0 Å². The highest BCUT2D eigenvalue weighted by Gasteiger charge is 2.27. The van der Waals surface area contributed by atoms with E-state index in [2.05, 4.69) is 6.08 Å². The summed E-state index contributed by atoms with van der Waals surface area (Å²) >= 11 is 0. The van der Waals surface area contributed by atoms with Gasteiger partial charge in [0, 0.05) is 0 Å². The summed E-state index contributed by atoms with van der Waals surface area (Å²) in [7, 11) is 0. The number of aliphatic hydroxyl groups is 1. The minimum atomic E-state index is -0.356. The van der Waals surface area contributed by atoms with Gasteiger partial charge in [-0.05, 0) is 26.2 Å². The maximum atomic E-state index is 9.95. The van der Waals surface area contributed by atoms with Crippen molar-refractivity contribution in [2.24, 2.45) is 0 Å². The molecule has 1 fully saturated rings. The third kappa shape index (κ3) is 2.66. The van der Waals surface area contributed by atoms with E-state index in [1.165, 1.54) is 19.3 Å². The highest BCUT2D eigenvalue weighted by Crippen LogP contribution is 2.30. The van der Waals surface area contributed by atoms with E-state index in [1.54, 1.807) is 0 Å². The van der Waals surface area contributed by atoms with Crippen LogP contribution in [0.25, 0.3) is 0 Å². The van der Waals surface area contributed by atoms with Gasteiger partial charge in [0.25, 0.3) is 0 Å². The average molecular weight is 154 g/mol. The quantitative estimate of drug-likeness (QED) is 0.606. The molecule has 0 aromatic rings. The summed E-state index contributed by atoms with van der Waals surface area (Å²) in [6.07, 6.45) is 10.6. The standard InChI is InChI=1S/C10H18O/c1-2-3-7-10(11)8-5-4-6-9-10/h2-3,11H,4-9H2,1H3/b3-2+. The molecule has 0 saturated heterocycles. The van der Waals surface area contributed by atoms with E-state index in [0.717, 1.165) is 19.3 Å². The first-order chi connectivity index (χ1) is 5.27. The topological polar surface area (TPSA) is 20.2 Å². The zero-order valence-corrected chi connectivity index (χ0v) is 7.34. The molecule has 1 N–H and O–H groups in total. The van der Waals surface area contributed by atoms with Crippen LogP contribution in [0.2, 0.25) is 0 Å². The van der Waals surface area contributed by atoms with Gasteiger partial charge >= 0.3 is 0 Å². The molecule has 1 heteroatoms. The van der Waals surface area contributed by atoms with Crippen molar-refractivity contribution in [3.8, 4) is 0 Å². The molecule has 1 aliphatic rings. The molecule has 0 bridgehead atoms. The summed E-state index contributed by atoms with van der Waals surface area (Å²) in [6.45, 7) is 2.01. The second kappa shape index (κ2) is 3.91. The van der Waals surface area contributed by atoms with Crippen molar-refractivity contribution in [2.75, 3.05) is 0 Å². The zero-order valence-electron chi connectivity index (χ0n) is 7.34. The van der Waals surface area contributed by atoms with Crippen LogP contribution in [0.5, 0.6) is 0 Å². The van der Waals surface area contributed by atoms with Crippen LogP contribution in [0.4, 0.5) is 0 Å². The van der Waals surface area contributed by atoms with Gasteiger partial charge in [-0.2, -0.15) is 0 Å². The van der Waals surface area contributed by atoms with Crippen molar-refractivity contribution in [3.63, 3.8) is 0 Å². The van der Waals surface area contributed by atoms with Gasteiger partial charge in [0.15, 0.2) is 0 Å². The summed E-state index contributed by atoms with van der Waals surface area (Å²) in [4.78, 5) is 0. The maximum absolute atomic E-state index is 9.95. The Labute approximate surface area is 69.1 Å². The molecule has 11 heavy (non-hydrogen) atoms. The summed E-state index contributed by atoms with van der Waals surface area (Å²) in [5.41, 5.74) is -0.356.